The van der Waals surface area contributed by atoms with Crippen molar-refractivity contribution in [2.45, 2.75) is 25.8 Å². The average molecular weight is 285 g/mol. The fourth-order valence-electron chi connectivity index (χ4n) is 2.25. The zero-order valence-electron chi connectivity index (χ0n) is 11.5. The molecule has 1 aliphatic carbocycles. The molecule has 1 N–H and O–H groups in total. The topological polar surface area (TPSA) is 50.2 Å². The van der Waals surface area contributed by atoms with Crippen LogP contribution in [0.2, 0.25) is 5.02 Å². The molecule has 0 aromatic carbocycles. The number of hydrogen-bond acceptors (Lipinski definition) is 4. The van der Waals surface area contributed by atoms with Crippen LogP contribution in [-0.2, 0) is 6.54 Å². The van der Waals surface area contributed by atoms with Crippen molar-refractivity contribution in [3.8, 4) is 0 Å². The average Bonchev–Trinajstić information content (AvgIpc) is 2.33. The molecule has 2 rings (SSSR count). The van der Waals surface area contributed by atoms with E-state index in [1.807, 2.05) is 19.0 Å². The van der Waals surface area contributed by atoms with E-state index in [1.54, 1.807) is 10.9 Å². The number of nitrogens with zero attached hydrogens (tertiary/aromatic N) is 3. The van der Waals surface area contributed by atoms with E-state index < -0.39 is 0 Å². The van der Waals surface area contributed by atoms with Crippen LogP contribution in [0.4, 0.5) is 5.69 Å². The molecule has 1 aliphatic rings. The largest absolute Gasteiger partial charge is 0.368 e. The van der Waals surface area contributed by atoms with Crippen LogP contribution < -0.4 is 15.8 Å². The zero-order valence-corrected chi connectivity index (χ0v) is 12.3. The SMILES string of the molecule is CNCCN(C)c1c(Cl)cnn(CC2CCC2)c1=O. The first-order valence-electron chi connectivity index (χ1n) is 6.75. The molecule has 0 bridgehead atoms. The van der Waals surface area contributed by atoms with Crippen molar-refractivity contribution in [2.75, 3.05) is 32.1 Å². The van der Waals surface area contributed by atoms with Gasteiger partial charge in [-0.1, -0.05) is 18.0 Å². The third-order valence-electron chi connectivity index (χ3n) is 3.71. The molecule has 19 heavy (non-hydrogen) atoms. The molecule has 5 nitrogen and oxygen atoms in total. The molecule has 1 saturated carbocycles. The summed E-state index contributed by atoms with van der Waals surface area (Å²) in [5.74, 6) is 0.599. The Bertz CT molecular complexity index is 484. The maximum absolute atomic E-state index is 12.4. The Hall–Kier alpha value is -1.07. The molecule has 106 valence electrons. The van der Waals surface area contributed by atoms with E-state index in [4.69, 9.17) is 11.6 Å². The number of hydrogen-bond donors (Lipinski definition) is 1. The molecule has 0 atom stereocenters. The monoisotopic (exact) mass is 284 g/mol. The fourth-order valence-corrected chi connectivity index (χ4v) is 2.51. The first-order valence-corrected chi connectivity index (χ1v) is 7.12. The van der Waals surface area contributed by atoms with Crippen molar-refractivity contribution in [1.29, 1.82) is 0 Å². The Balaban J connectivity index is 2.20. The van der Waals surface area contributed by atoms with Crippen LogP contribution in [0.3, 0.4) is 0 Å². The highest BCUT2D eigenvalue weighted by atomic mass is 35.5. The summed E-state index contributed by atoms with van der Waals surface area (Å²) in [5.41, 5.74) is 0.462. The van der Waals surface area contributed by atoms with Crippen LogP contribution in [0, 0.1) is 5.92 Å². The molecule has 0 aliphatic heterocycles. The lowest BCUT2D eigenvalue weighted by Gasteiger charge is -2.26. The minimum Gasteiger partial charge on any atom is -0.368 e. The van der Waals surface area contributed by atoms with Gasteiger partial charge in [-0.2, -0.15) is 5.10 Å². The number of anilines is 1. The van der Waals surface area contributed by atoms with E-state index in [9.17, 15) is 4.79 Å². The first kappa shape index (κ1) is 14.3. The third kappa shape index (κ3) is 3.28. The van der Waals surface area contributed by atoms with Gasteiger partial charge < -0.3 is 10.2 Å². The standard InChI is InChI=1S/C13H21ClN4O/c1-15-6-7-17(2)12-11(14)8-16-18(13(12)19)9-10-4-3-5-10/h8,10,15H,3-7,9H2,1-2H3. The summed E-state index contributed by atoms with van der Waals surface area (Å²) in [6.45, 7) is 2.25. The summed E-state index contributed by atoms with van der Waals surface area (Å²) in [7, 11) is 3.77. The van der Waals surface area contributed by atoms with Gasteiger partial charge in [0.1, 0.15) is 5.69 Å². The summed E-state index contributed by atoms with van der Waals surface area (Å²) >= 11 is 6.12. The molecule has 1 aromatic heterocycles. The Morgan fingerprint density at radius 3 is 2.89 bits per heavy atom. The van der Waals surface area contributed by atoms with Gasteiger partial charge in [-0.25, -0.2) is 4.68 Å². The number of nitrogens with one attached hydrogen (secondary N) is 1. The Labute approximate surface area is 118 Å². The molecule has 1 fully saturated rings. The van der Waals surface area contributed by atoms with Crippen molar-refractivity contribution < 1.29 is 0 Å². The normalized spacial score (nSPS) is 15.3. The molecule has 0 saturated heterocycles. The van der Waals surface area contributed by atoms with E-state index in [-0.39, 0.29) is 5.56 Å². The van der Waals surface area contributed by atoms with Crippen LogP contribution in [-0.4, -0.2) is 37.0 Å². The molecule has 0 spiro atoms. The van der Waals surface area contributed by atoms with E-state index in [0.717, 1.165) is 13.1 Å². The van der Waals surface area contributed by atoms with Crippen LogP contribution in [0.15, 0.2) is 11.0 Å². The molecule has 0 radical (unpaired) electrons. The van der Waals surface area contributed by atoms with Crippen LogP contribution >= 0.6 is 11.6 Å². The van der Waals surface area contributed by atoms with Gasteiger partial charge in [0.25, 0.3) is 5.56 Å². The molecule has 0 unspecified atom stereocenters. The lowest BCUT2D eigenvalue weighted by atomic mass is 9.85. The molecular weight excluding hydrogens is 264 g/mol. The number of aromatic nitrogens is 2. The van der Waals surface area contributed by atoms with Gasteiger partial charge in [-0.05, 0) is 25.8 Å². The van der Waals surface area contributed by atoms with Gasteiger partial charge in [0, 0.05) is 26.7 Å². The summed E-state index contributed by atoms with van der Waals surface area (Å²) in [5, 5.41) is 7.64. The summed E-state index contributed by atoms with van der Waals surface area (Å²) < 4.78 is 1.56. The number of likely N-dealkylation sites (N-methyl/N-ethyl adjacent to an activating group) is 2. The second-order valence-electron chi connectivity index (χ2n) is 5.15. The second kappa shape index (κ2) is 6.39. The molecular formula is C13H21ClN4O. The van der Waals surface area contributed by atoms with E-state index in [0.29, 0.717) is 23.2 Å². The lowest BCUT2D eigenvalue weighted by Crippen LogP contribution is -2.36. The second-order valence-corrected chi connectivity index (χ2v) is 5.56. The molecule has 6 heteroatoms. The highest BCUT2D eigenvalue weighted by molar-refractivity contribution is 6.33. The predicted octanol–water partition coefficient (Wildman–Crippen LogP) is 1.35. The van der Waals surface area contributed by atoms with Crippen LogP contribution in [0.1, 0.15) is 19.3 Å². The maximum Gasteiger partial charge on any atom is 0.291 e. The Morgan fingerprint density at radius 2 is 2.32 bits per heavy atom. The number of rotatable bonds is 6. The van der Waals surface area contributed by atoms with E-state index >= 15 is 0 Å². The van der Waals surface area contributed by atoms with Gasteiger partial charge in [0.2, 0.25) is 0 Å². The molecule has 1 aromatic rings. The van der Waals surface area contributed by atoms with Crippen molar-refractivity contribution in [2.24, 2.45) is 5.92 Å². The predicted molar refractivity (Wildman–Crippen MR) is 78.0 cm³/mol. The minimum absolute atomic E-state index is 0.0852. The Kier molecular flexibility index (Phi) is 4.82. The third-order valence-corrected chi connectivity index (χ3v) is 3.99. The van der Waals surface area contributed by atoms with Crippen molar-refractivity contribution in [1.82, 2.24) is 15.1 Å². The fraction of sp³-hybridized carbons (Fsp3) is 0.692. The molecule has 0 amide bonds. The lowest BCUT2D eigenvalue weighted by molar-refractivity contribution is 0.262. The smallest absolute Gasteiger partial charge is 0.291 e. The van der Waals surface area contributed by atoms with Gasteiger partial charge >= 0.3 is 0 Å². The maximum atomic E-state index is 12.4. The van der Waals surface area contributed by atoms with Crippen molar-refractivity contribution in [3.63, 3.8) is 0 Å². The van der Waals surface area contributed by atoms with Crippen LogP contribution in [0.25, 0.3) is 0 Å². The molecule has 1 heterocycles. The van der Waals surface area contributed by atoms with Gasteiger partial charge in [0.05, 0.1) is 11.2 Å². The van der Waals surface area contributed by atoms with Gasteiger partial charge in [0.15, 0.2) is 0 Å². The summed E-state index contributed by atoms with van der Waals surface area (Å²) in [6, 6.07) is 0. The van der Waals surface area contributed by atoms with Gasteiger partial charge in [-0.15, -0.1) is 0 Å². The first-order chi connectivity index (χ1) is 9.13. The summed E-state index contributed by atoms with van der Waals surface area (Å²) in [4.78, 5) is 14.3. The van der Waals surface area contributed by atoms with Crippen molar-refractivity contribution in [3.05, 3.63) is 21.6 Å². The Morgan fingerprint density at radius 1 is 1.58 bits per heavy atom. The number of halogens is 1. The summed E-state index contributed by atoms with van der Waals surface area (Å²) in [6.07, 6.45) is 5.23. The minimum atomic E-state index is -0.0852. The highest BCUT2D eigenvalue weighted by Crippen LogP contribution is 2.27. The van der Waals surface area contributed by atoms with Crippen LogP contribution in [0.5, 0.6) is 0 Å². The van der Waals surface area contributed by atoms with E-state index in [2.05, 4.69) is 10.4 Å². The quantitative estimate of drug-likeness (QED) is 0.857. The van der Waals surface area contributed by atoms with E-state index in [1.165, 1.54) is 19.3 Å². The van der Waals surface area contributed by atoms with Crippen molar-refractivity contribution >= 4 is 17.3 Å². The highest BCUT2D eigenvalue weighted by Gasteiger charge is 2.21. The zero-order chi connectivity index (χ0) is 13.8. The van der Waals surface area contributed by atoms with Gasteiger partial charge in [-0.3, -0.25) is 4.79 Å².